The third-order valence-electron chi connectivity index (χ3n) is 16.4. The van der Waals surface area contributed by atoms with Gasteiger partial charge in [-0.15, -0.1) is 0 Å². The van der Waals surface area contributed by atoms with Crippen LogP contribution in [0.25, 0.3) is 33.4 Å². The quantitative estimate of drug-likeness (QED) is 0.184. The van der Waals surface area contributed by atoms with Crippen molar-refractivity contribution < 1.29 is 28.3 Å². The number of methoxy groups -OCH3 is 1. The molecule has 3 N–H and O–H groups in total. The van der Waals surface area contributed by atoms with E-state index < -0.39 is 29.5 Å². The van der Waals surface area contributed by atoms with E-state index in [1.807, 2.05) is 13.0 Å². The number of hydrogen-bond donors (Lipinski definition) is 3. The maximum absolute atomic E-state index is 15.3. The highest BCUT2D eigenvalue weighted by atomic mass is 16.5. The zero-order valence-electron chi connectivity index (χ0n) is 38.3. The molecule has 15 nitrogen and oxygen atoms in total. The smallest absolute Gasteiger partial charge is 0.325 e. The second kappa shape index (κ2) is 15.7. The number of rotatable bonds is 7. The van der Waals surface area contributed by atoms with Gasteiger partial charge in [0.1, 0.15) is 30.1 Å². The molecule has 1 unspecified atom stereocenters. The molecule has 3 aliphatic carbocycles. The SMILES string of the molecule is CO[C@@H](C)c1ncccc1-c1c2c3cc(ccc3n1C1CC(C#N)C1)-c1coc(n1)[C@@H](N1CC3(CCCN3)C1)[C@H](NC(=O)C1[C@@H](C)[C@H]1C)C(=O)N1N[C@H](C(=O)OCC(C)(C)C2)C2CC1C2. The fourth-order valence-corrected chi connectivity index (χ4v) is 12.1. The van der Waals surface area contributed by atoms with Gasteiger partial charge in [-0.1, -0.05) is 33.8 Å². The lowest BCUT2D eigenvalue weighted by molar-refractivity contribution is -0.172. The highest BCUT2D eigenvalue weighted by Crippen LogP contribution is 2.50. The van der Waals surface area contributed by atoms with Gasteiger partial charge in [0.05, 0.1) is 36.1 Å². The first-order valence-corrected chi connectivity index (χ1v) is 23.8. The van der Waals surface area contributed by atoms with Crippen LogP contribution in [-0.4, -0.2) is 99.2 Å². The van der Waals surface area contributed by atoms with Gasteiger partial charge >= 0.3 is 5.97 Å². The van der Waals surface area contributed by atoms with Crippen molar-refractivity contribution in [2.75, 3.05) is 33.4 Å². The molecule has 2 amide bonds. The minimum atomic E-state index is -1.04. The zero-order chi connectivity index (χ0) is 45.1. The molecule has 4 saturated heterocycles. The number of ether oxygens (including phenoxy) is 2. The molecule has 1 spiro atoms. The summed E-state index contributed by atoms with van der Waals surface area (Å²) < 4.78 is 21.1. The fourth-order valence-electron chi connectivity index (χ4n) is 12.1. The van der Waals surface area contributed by atoms with E-state index in [9.17, 15) is 14.9 Å². The third-order valence-corrected chi connectivity index (χ3v) is 16.4. The third kappa shape index (κ3) is 7.09. The summed E-state index contributed by atoms with van der Waals surface area (Å²) in [5, 5.41) is 19.5. The average molecular weight is 884 g/mol. The number of esters is 1. The molecule has 15 heteroatoms. The molecule has 8 heterocycles. The monoisotopic (exact) mass is 883 g/mol. The number of nitrogens with zero attached hydrogens (tertiary/aromatic N) is 6. The number of hydrogen-bond acceptors (Lipinski definition) is 12. The summed E-state index contributed by atoms with van der Waals surface area (Å²) in [7, 11) is 1.69. The van der Waals surface area contributed by atoms with Crippen molar-refractivity contribution in [2.24, 2.45) is 35.0 Å². The first kappa shape index (κ1) is 42.5. The molecule has 3 saturated carbocycles. The second-order valence-corrected chi connectivity index (χ2v) is 21.3. The van der Waals surface area contributed by atoms with Crippen LogP contribution in [0.2, 0.25) is 0 Å². The van der Waals surface area contributed by atoms with E-state index in [4.69, 9.17) is 23.9 Å². The molecule has 8 bridgehead atoms. The number of likely N-dealkylation sites (tertiary alicyclic amines) is 1. The zero-order valence-corrected chi connectivity index (χ0v) is 38.3. The average Bonchev–Trinajstić information content (AvgIpc) is 3.74. The summed E-state index contributed by atoms with van der Waals surface area (Å²) in [4.78, 5) is 56.1. The maximum Gasteiger partial charge on any atom is 0.325 e. The lowest BCUT2D eigenvalue weighted by atomic mass is 9.73. The minimum absolute atomic E-state index is 0.0229. The van der Waals surface area contributed by atoms with Crippen LogP contribution in [-0.2, 0) is 30.3 Å². The Bertz CT molecular complexity index is 2580. The van der Waals surface area contributed by atoms with E-state index in [0.29, 0.717) is 43.9 Å². The van der Waals surface area contributed by atoms with Gasteiger partial charge in [-0.25, -0.2) is 10.4 Å². The Hall–Kier alpha value is -5.14. The van der Waals surface area contributed by atoms with Crippen LogP contribution in [0.5, 0.6) is 0 Å². The fraction of sp³-hybridized carbons (Fsp3) is 0.600. The van der Waals surface area contributed by atoms with Gasteiger partial charge in [0, 0.05) is 77.4 Å². The predicted molar refractivity (Wildman–Crippen MR) is 240 cm³/mol. The molecule has 12 rings (SSSR count). The number of hydrazine groups is 1. The van der Waals surface area contributed by atoms with E-state index in [2.05, 4.69) is 83.6 Å². The second-order valence-electron chi connectivity index (χ2n) is 21.3. The summed E-state index contributed by atoms with van der Waals surface area (Å²) in [5.74, 6) is -0.294. The Morgan fingerprint density at radius 3 is 2.58 bits per heavy atom. The van der Waals surface area contributed by atoms with E-state index in [1.54, 1.807) is 24.6 Å². The van der Waals surface area contributed by atoms with Gasteiger partial charge < -0.3 is 29.1 Å². The largest absolute Gasteiger partial charge is 0.464 e. The van der Waals surface area contributed by atoms with Gasteiger partial charge in [-0.3, -0.25) is 29.3 Å². The van der Waals surface area contributed by atoms with Crippen molar-refractivity contribution in [3.8, 4) is 28.6 Å². The highest BCUT2D eigenvalue weighted by molar-refractivity contribution is 5.95. The number of amides is 2. The van der Waals surface area contributed by atoms with Gasteiger partial charge in [-0.05, 0) is 106 Å². The van der Waals surface area contributed by atoms with Crippen LogP contribution in [0.4, 0.5) is 0 Å². The number of cyclic esters (lactones) is 1. The van der Waals surface area contributed by atoms with Gasteiger partial charge in [0.15, 0.2) is 0 Å². The number of fused-ring (bicyclic) bond motifs is 4. The summed E-state index contributed by atoms with van der Waals surface area (Å²) in [5.41, 5.74) is 9.10. The van der Waals surface area contributed by atoms with Crippen molar-refractivity contribution in [2.45, 2.75) is 121 Å². The lowest BCUT2D eigenvalue weighted by Crippen LogP contribution is -2.74. The standard InChI is InChI=1S/C50H61N9O6/c1-26-27(2)39(26)45(60)55-42-44(57-23-50(24-57)12-8-14-53-50)46-54-37(22-64-46)30-10-11-38-35(19-30)36(20-49(4,5)25-65-48(62)41-31-17-33(18-31)59(56-41)47(42)61)43(58(38)32-15-29(16-32)21-51)34-9-7-13-52-40(34)28(3)63-6/h7,9-11,13,19,22,26-29,31-33,39,41-42,44,53,56H,8,12,14-18,20,23-25H2,1-6H3,(H,55,60)/t26-,27+,28-,29?,31?,32?,33?,39?,41-,42-,44-/m0/s1. The number of carbonyl (C=O) groups excluding carboxylic acids is 3. The van der Waals surface area contributed by atoms with Crippen molar-refractivity contribution in [1.82, 2.24) is 40.5 Å². The molecule has 65 heavy (non-hydrogen) atoms. The molecular formula is C50H61N9O6. The number of carbonyl (C=O) groups is 3. The predicted octanol–water partition coefficient (Wildman–Crippen LogP) is 6.03. The topological polar surface area (TPSA) is 180 Å². The van der Waals surface area contributed by atoms with Crippen molar-refractivity contribution in [1.29, 1.82) is 5.26 Å². The van der Waals surface area contributed by atoms with Crippen LogP contribution in [0, 0.1) is 46.3 Å². The highest BCUT2D eigenvalue weighted by Gasteiger charge is 2.57. The number of aromatic nitrogens is 3. The van der Waals surface area contributed by atoms with Gasteiger partial charge in [-0.2, -0.15) is 5.26 Å². The Morgan fingerprint density at radius 2 is 1.88 bits per heavy atom. The van der Waals surface area contributed by atoms with Crippen LogP contribution in [0.15, 0.2) is 47.2 Å². The van der Waals surface area contributed by atoms with Crippen LogP contribution < -0.4 is 16.1 Å². The summed E-state index contributed by atoms with van der Waals surface area (Å²) in [6, 6.07) is 10.4. The molecule has 7 fully saturated rings. The van der Waals surface area contributed by atoms with E-state index in [0.717, 1.165) is 71.2 Å². The first-order chi connectivity index (χ1) is 31.3. The van der Waals surface area contributed by atoms with E-state index >= 15 is 4.79 Å². The Balaban J connectivity index is 1.08. The molecule has 5 aliphatic heterocycles. The molecule has 4 aromatic rings. The van der Waals surface area contributed by atoms with Crippen LogP contribution >= 0.6 is 0 Å². The summed E-state index contributed by atoms with van der Waals surface area (Å²) in [6.07, 6.45) is 8.63. The maximum atomic E-state index is 15.3. The molecule has 3 aromatic heterocycles. The van der Waals surface area contributed by atoms with Crippen LogP contribution in [0.3, 0.4) is 0 Å². The van der Waals surface area contributed by atoms with Gasteiger partial charge in [0.25, 0.3) is 5.91 Å². The molecule has 7 atom stereocenters. The summed E-state index contributed by atoms with van der Waals surface area (Å²) in [6.45, 7) is 12.8. The number of benzene rings is 1. The number of nitriles is 1. The molecule has 8 aliphatic rings. The number of oxazole rings is 1. The lowest BCUT2D eigenvalue weighted by Gasteiger charge is -2.55. The molecular weight excluding hydrogens is 823 g/mol. The molecule has 0 radical (unpaired) electrons. The molecule has 1 aromatic carbocycles. The van der Waals surface area contributed by atoms with Crippen molar-refractivity contribution >= 4 is 28.7 Å². The Kier molecular flexibility index (Phi) is 10.3. The van der Waals surface area contributed by atoms with E-state index in [-0.39, 0.29) is 71.7 Å². The number of pyridine rings is 1. The van der Waals surface area contributed by atoms with Crippen molar-refractivity contribution in [3.05, 3.63) is 59.9 Å². The van der Waals surface area contributed by atoms with Gasteiger partial charge in [0.2, 0.25) is 11.8 Å². The normalized spacial score (nSPS) is 33.0. The molecule has 342 valence electrons. The Morgan fingerprint density at radius 1 is 1.09 bits per heavy atom. The first-order valence-electron chi connectivity index (χ1n) is 23.8. The van der Waals surface area contributed by atoms with Crippen molar-refractivity contribution in [3.63, 3.8) is 0 Å². The van der Waals surface area contributed by atoms with Crippen LogP contribution in [0.1, 0.15) is 108 Å². The summed E-state index contributed by atoms with van der Waals surface area (Å²) >= 11 is 0. The minimum Gasteiger partial charge on any atom is -0.464 e. The Labute approximate surface area is 379 Å². The van der Waals surface area contributed by atoms with E-state index in [1.165, 1.54) is 0 Å². The number of nitrogens with one attached hydrogen (secondary N) is 3.